The van der Waals surface area contributed by atoms with Crippen LogP contribution < -0.4 is 0 Å². The molecule has 1 aliphatic heterocycles. The number of aliphatic hydroxyl groups excluding tert-OH is 2. The minimum atomic E-state index is -1.13. The molecule has 1 aliphatic rings. The summed E-state index contributed by atoms with van der Waals surface area (Å²) in [7, 11) is 3.54. The number of rotatable bonds is 2. The van der Waals surface area contributed by atoms with Crippen molar-refractivity contribution in [3.63, 3.8) is 0 Å². The maximum atomic E-state index is 11.4. The summed E-state index contributed by atoms with van der Waals surface area (Å²) >= 11 is 0. The third kappa shape index (κ3) is 2.87. The van der Waals surface area contributed by atoms with Gasteiger partial charge in [-0.15, -0.1) is 0 Å². The monoisotopic (exact) mass is 225 g/mol. The number of nitrogens with zero attached hydrogens (tertiary/aromatic N) is 1. The molecule has 0 bridgehead atoms. The maximum absolute atomic E-state index is 11.4. The molecular formula is C11H15NO4. The molecule has 0 saturated heterocycles. The van der Waals surface area contributed by atoms with Gasteiger partial charge in [-0.1, -0.05) is 0 Å². The Morgan fingerprint density at radius 2 is 2.19 bits per heavy atom. The summed E-state index contributed by atoms with van der Waals surface area (Å²) in [6.45, 7) is 1.56. The van der Waals surface area contributed by atoms with E-state index in [9.17, 15) is 15.0 Å². The number of allylic oxidation sites excluding steroid dienone is 2. The van der Waals surface area contributed by atoms with Crippen molar-refractivity contribution in [1.82, 2.24) is 4.90 Å². The Morgan fingerprint density at radius 3 is 2.69 bits per heavy atom. The number of hydrogen-bond acceptors (Lipinski definition) is 5. The molecule has 1 unspecified atom stereocenters. The summed E-state index contributed by atoms with van der Waals surface area (Å²) in [5.74, 6) is -0.700. The van der Waals surface area contributed by atoms with Crippen molar-refractivity contribution in [3.05, 3.63) is 35.4 Å². The van der Waals surface area contributed by atoms with Gasteiger partial charge in [-0.25, -0.2) is 4.79 Å². The fraction of sp³-hybridized carbons (Fsp3) is 0.364. The number of hydrogen-bond donors (Lipinski definition) is 2. The van der Waals surface area contributed by atoms with Crippen molar-refractivity contribution >= 4 is 5.97 Å². The molecule has 1 atom stereocenters. The average molecular weight is 225 g/mol. The fourth-order valence-corrected chi connectivity index (χ4v) is 1.23. The highest BCUT2D eigenvalue weighted by Crippen LogP contribution is 2.20. The molecule has 5 nitrogen and oxygen atoms in total. The summed E-state index contributed by atoms with van der Waals surface area (Å²) < 4.78 is 4.79. The Labute approximate surface area is 93.9 Å². The first kappa shape index (κ1) is 12.3. The first-order valence-electron chi connectivity index (χ1n) is 4.78. The van der Waals surface area contributed by atoms with Gasteiger partial charge in [0, 0.05) is 20.3 Å². The topological polar surface area (TPSA) is 70.0 Å². The quantitative estimate of drug-likeness (QED) is 0.411. The number of carbonyl (C=O) groups is 1. The maximum Gasteiger partial charge on any atom is 0.345 e. The molecule has 0 spiro atoms. The van der Waals surface area contributed by atoms with Crippen LogP contribution in [0.2, 0.25) is 0 Å². The summed E-state index contributed by atoms with van der Waals surface area (Å²) in [6.07, 6.45) is 3.12. The zero-order chi connectivity index (χ0) is 12.3. The van der Waals surface area contributed by atoms with Crippen molar-refractivity contribution in [2.24, 2.45) is 0 Å². The molecule has 0 amide bonds. The highest BCUT2D eigenvalue weighted by atomic mass is 16.5. The Hall–Kier alpha value is -1.75. The molecule has 0 fully saturated rings. The van der Waals surface area contributed by atoms with Gasteiger partial charge in [-0.3, -0.25) is 0 Å². The van der Waals surface area contributed by atoms with Gasteiger partial charge in [0.25, 0.3) is 0 Å². The lowest BCUT2D eigenvalue weighted by molar-refractivity contribution is -0.137. The summed E-state index contributed by atoms with van der Waals surface area (Å²) in [6, 6.07) is 0. The van der Waals surface area contributed by atoms with E-state index < -0.39 is 12.1 Å². The predicted molar refractivity (Wildman–Crippen MR) is 58.3 cm³/mol. The zero-order valence-corrected chi connectivity index (χ0v) is 9.47. The first-order chi connectivity index (χ1) is 7.41. The van der Waals surface area contributed by atoms with E-state index in [1.54, 1.807) is 32.1 Å². The van der Waals surface area contributed by atoms with Gasteiger partial charge >= 0.3 is 5.97 Å². The van der Waals surface area contributed by atoms with Gasteiger partial charge in [0.1, 0.15) is 23.2 Å². The molecule has 0 saturated carbocycles. The van der Waals surface area contributed by atoms with Crippen LogP contribution in [0.4, 0.5) is 0 Å². The normalized spacial score (nSPS) is 24.1. The number of ether oxygens (including phenoxy) is 1. The number of aliphatic hydroxyl groups is 2. The van der Waals surface area contributed by atoms with Crippen molar-refractivity contribution < 1.29 is 19.7 Å². The van der Waals surface area contributed by atoms with Crippen molar-refractivity contribution in [1.29, 1.82) is 0 Å². The van der Waals surface area contributed by atoms with Crippen LogP contribution in [-0.4, -0.2) is 41.3 Å². The minimum absolute atomic E-state index is 0.149. The molecule has 16 heavy (non-hydrogen) atoms. The Bertz CT molecular complexity index is 379. The molecule has 0 aliphatic carbocycles. The molecule has 1 rings (SSSR count). The van der Waals surface area contributed by atoms with Crippen LogP contribution >= 0.6 is 0 Å². The smallest absolute Gasteiger partial charge is 0.345 e. The molecule has 5 heteroatoms. The van der Waals surface area contributed by atoms with Gasteiger partial charge in [0.2, 0.25) is 0 Å². The first-order valence-corrected chi connectivity index (χ1v) is 4.78. The standard InChI is InChI=1S/C11H15NO4/c1-7-6-9(14)10(11(15)16-7)8(13)4-5-12(2)3/h4-6,9,13-14H,1-3H3/b5-4+,10-8-. The molecule has 2 N–H and O–H groups in total. The second-order valence-corrected chi connectivity index (χ2v) is 3.69. The van der Waals surface area contributed by atoms with Crippen LogP contribution in [0.15, 0.2) is 35.4 Å². The summed E-state index contributed by atoms with van der Waals surface area (Å²) in [4.78, 5) is 13.1. The molecule has 0 aromatic rings. The van der Waals surface area contributed by atoms with Gasteiger partial charge in [-0.2, -0.15) is 0 Å². The second kappa shape index (κ2) is 4.85. The summed E-state index contributed by atoms with van der Waals surface area (Å²) in [5, 5.41) is 19.2. The molecule has 88 valence electrons. The Morgan fingerprint density at radius 1 is 1.56 bits per heavy atom. The highest BCUT2D eigenvalue weighted by molar-refractivity contribution is 5.92. The minimum Gasteiger partial charge on any atom is -0.507 e. The van der Waals surface area contributed by atoms with Crippen LogP contribution in [0, 0.1) is 0 Å². The predicted octanol–water partition coefficient (Wildman–Crippen LogP) is 0.695. The lowest BCUT2D eigenvalue weighted by Crippen LogP contribution is -2.25. The Kier molecular flexibility index (Phi) is 3.73. The largest absolute Gasteiger partial charge is 0.507 e. The van der Waals surface area contributed by atoms with Crippen molar-refractivity contribution in [2.45, 2.75) is 13.0 Å². The van der Waals surface area contributed by atoms with E-state index in [-0.39, 0.29) is 11.3 Å². The molecule has 0 aromatic heterocycles. The zero-order valence-electron chi connectivity index (χ0n) is 9.47. The number of carbonyl (C=O) groups excluding carboxylic acids is 1. The highest BCUT2D eigenvalue weighted by Gasteiger charge is 2.27. The van der Waals surface area contributed by atoms with Crippen LogP contribution in [0.5, 0.6) is 0 Å². The lowest BCUT2D eigenvalue weighted by atomic mass is 10.1. The van der Waals surface area contributed by atoms with E-state index in [2.05, 4.69) is 0 Å². The molecule has 1 heterocycles. The van der Waals surface area contributed by atoms with Crippen LogP contribution in [-0.2, 0) is 9.53 Å². The van der Waals surface area contributed by atoms with Crippen molar-refractivity contribution in [2.75, 3.05) is 14.1 Å². The SMILES string of the molecule is CC1=CC(O)/C(=C(O)\C=C\N(C)C)C(=O)O1. The van der Waals surface area contributed by atoms with Crippen LogP contribution in [0.25, 0.3) is 0 Å². The average Bonchev–Trinajstić information content (AvgIpc) is 2.12. The third-order valence-corrected chi connectivity index (χ3v) is 1.97. The molecular weight excluding hydrogens is 210 g/mol. The number of esters is 1. The van der Waals surface area contributed by atoms with E-state index >= 15 is 0 Å². The Balaban J connectivity index is 3.02. The van der Waals surface area contributed by atoms with E-state index in [0.29, 0.717) is 5.76 Å². The fourth-order valence-electron chi connectivity index (χ4n) is 1.23. The molecule has 0 aromatic carbocycles. The van der Waals surface area contributed by atoms with Crippen molar-refractivity contribution in [3.8, 4) is 0 Å². The lowest BCUT2D eigenvalue weighted by Gasteiger charge is -2.18. The second-order valence-electron chi connectivity index (χ2n) is 3.69. The van der Waals surface area contributed by atoms with E-state index in [0.717, 1.165) is 0 Å². The molecule has 0 radical (unpaired) electrons. The van der Waals surface area contributed by atoms with Gasteiger partial charge in [0.15, 0.2) is 0 Å². The van der Waals surface area contributed by atoms with Gasteiger partial charge in [-0.05, 0) is 19.1 Å². The van der Waals surface area contributed by atoms with E-state index in [4.69, 9.17) is 4.74 Å². The number of cyclic esters (lactones) is 1. The summed E-state index contributed by atoms with van der Waals surface area (Å²) in [5.41, 5.74) is -0.149. The third-order valence-electron chi connectivity index (χ3n) is 1.97. The van der Waals surface area contributed by atoms with Gasteiger partial charge in [0.05, 0.1) is 0 Å². The van der Waals surface area contributed by atoms with E-state index in [1.807, 2.05) is 0 Å². The van der Waals surface area contributed by atoms with Crippen LogP contribution in [0.3, 0.4) is 0 Å². The van der Waals surface area contributed by atoms with Crippen LogP contribution in [0.1, 0.15) is 6.92 Å². The van der Waals surface area contributed by atoms with E-state index in [1.165, 1.54) is 12.2 Å². The van der Waals surface area contributed by atoms with Gasteiger partial charge < -0.3 is 19.8 Å².